The van der Waals surface area contributed by atoms with E-state index in [1.165, 1.54) is 41.3 Å². The van der Waals surface area contributed by atoms with E-state index >= 15 is 0 Å². The number of rotatable bonds is 11. The Balaban J connectivity index is 0.000000152. The zero-order chi connectivity index (χ0) is 49.3. The van der Waals surface area contributed by atoms with Crippen LogP contribution in [0.3, 0.4) is 0 Å². The number of H-pyrrole nitrogens is 2. The minimum Gasteiger partial charge on any atom is -0.366 e. The number of nitrogens with zero attached hydrogens (tertiary/aromatic N) is 7. The second-order valence-corrected chi connectivity index (χ2v) is 17.7. The number of nitrogens with two attached hydrogens (primary N) is 3. The van der Waals surface area contributed by atoms with E-state index in [9.17, 15) is 14.4 Å². The molecule has 6 aromatic heterocycles. The summed E-state index contributed by atoms with van der Waals surface area (Å²) in [7, 11) is 0. The lowest BCUT2D eigenvalue weighted by Crippen LogP contribution is -2.15. The summed E-state index contributed by atoms with van der Waals surface area (Å²) in [5, 5.41) is 17.8. The topological polar surface area (TPSA) is 267 Å². The van der Waals surface area contributed by atoms with Gasteiger partial charge < -0.3 is 37.2 Å². The molecule has 360 valence electrons. The molecular formula is C54H56N14O3. The number of aromatic nitrogens is 9. The van der Waals surface area contributed by atoms with Crippen molar-refractivity contribution < 1.29 is 14.4 Å². The first-order valence-corrected chi connectivity index (χ1v) is 24.0. The molecule has 3 aromatic carbocycles. The van der Waals surface area contributed by atoms with E-state index in [1.807, 2.05) is 72.2 Å². The standard InChI is InChI=1S/C26H27N5O.C25H25N5O.C3H4N4O/c1-17-16-31-21(13-8-14-22(31)24(27)32)23(17)26-29-20-12-7-3-6-11-19(20)25(30-26)28-15-18-9-4-2-5-10-18;26-23(31)18-12-7-11-17-20(18)15-27-22(17)25-29-21-13-6-2-5-10-19(21)24(30-25)28-14-16-8-3-1-4-9-16;4-3(8)2-1-5-7-6-2/h2,4-5,8-10,13-14,16H,3,6-7,11-12,15H2,1H3,(H2,27,32)(H,28,29,30);1,3-4,7-9,11-12,15,27H,2,5-6,10,13-14H2,(H2,26,31)(H,28,29,30);1H,(H2,4,8)(H,5,6,7). The van der Waals surface area contributed by atoms with Crippen LogP contribution < -0.4 is 27.8 Å². The minimum atomic E-state index is -0.571. The van der Waals surface area contributed by atoms with Gasteiger partial charge in [0.25, 0.3) is 11.8 Å². The molecule has 9 aromatic rings. The zero-order valence-electron chi connectivity index (χ0n) is 39.5. The van der Waals surface area contributed by atoms with Gasteiger partial charge in [-0.25, -0.2) is 19.9 Å². The molecule has 0 aliphatic heterocycles. The third-order valence-electron chi connectivity index (χ3n) is 12.8. The number of amides is 3. The van der Waals surface area contributed by atoms with Crippen molar-refractivity contribution in [2.75, 3.05) is 10.6 Å². The molecule has 10 N–H and O–H groups in total. The fraction of sp³-hybridized carbons (Fsp3) is 0.241. The van der Waals surface area contributed by atoms with Crippen LogP contribution in [0.4, 0.5) is 11.6 Å². The number of hydrogen-bond donors (Lipinski definition) is 7. The quantitative estimate of drug-likeness (QED) is 0.0608. The van der Waals surface area contributed by atoms with Crippen molar-refractivity contribution in [2.45, 2.75) is 84.2 Å². The highest BCUT2D eigenvalue weighted by molar-refractivity contribution is 6.09. The first kappa shape index (κ1) is 47.3. The number of fused-ring (bicyclic) bond motifs is 4. The summed E-state index contributed by atoms with van der Waals surface area (Å²) >= 11 is 0. The van der Waals surface area contributed by atoms with Crippen LogP contribution in [0.2, 0.25) is 0 Å². The highest BCUT2D eigenvalue weighted by Crippen LogP contribution is 2.35. The number of anilines is 2. The summed E-state index contributed by atoms with van der Waals surface area (Å²) in [5.41, 5.74) is 27.9. The average molecular weight is 949 g/mol. The number of carbonyl (C=O) groups excluding carboxylic acids is 3. The predicted molar refractivity (Wildman–Crippen MR) is 274 cm³/mol. The molecule has 0 saturated carbocycles. The van der Waals surface area contributed by atoms with Crippen LogP contribution in [-0.2, 0) is 38.8 Å². The molecule has 17 heteroatoms. The lowest BCUT2D eigenvalue weighted by molar-refractivity contribution is 0.0986. The van der Waals surface area contributed by atoms with Crippen molar-refractivity contribution in [3.8, 4) is 22.9 Å². The molecule has 6 heterocycles. The van der Waals surface area contributed by atoms with Crippen molar-refractivity contribution in [3.63, 3.8) is 0 Å². The molecule has 0 spiro atoms. The number of nitrogens with one attached hydrogen (secondary N) is 4. The second kappa shape index (κ2) is 21.7. The summed E-state index contributed by atoms with van der Waals surface area (Å²) in [6.45, 7) is 3.45. The van der Waals surface area contributed by atoms with Gasteiger partial charge in [0.15, 0.2) is 17.3 Å². The van der Waals surface area contributed by atoms with Gasteiger partial charge in [0.2, 0.25) is 5.91 Å². The Labute approximate surface area is 410 Å². The monoisotopic (exact) mass is 948 g/mol. The van der Waals surface area contributed by atoms with Crippen molar-refractivity contribution in [1.82, 2.24) is 44.7 Å². The van der Waals surface area contributed by atoms with E-state index in [-0.39, 0.29) is 5.69 Å². The van der Waals surface area contributed by atoms with Crippen LogP contribution in [0.15, 0.2) is 116 Å². The first-order chi connectivity index (χ1) is 34.6. The molecule has 0 unspecified atom stereocenters. The Bertz CT molecular complexity index is 3330. The summed E-state index contributed by atoms with van der Waals surface area (Å²) < 4.78 is 1.85. The number of hydrogen-bond acceptors (Lipinski definition) is 11. The van der Waals surface area contributed by atoms with Gasteiger partial charge in [-0.1, -0.05) is 96.9 Å². The van der Waals surface area contributed by atoms with Gasteiger partial charge >= 0.3 is 0 Å². The van der Waals surface area contributed by atoms with Crippen molar-refractivity contribution in [2.24, 2.45) is 17.2 Å². The van der Waals surface area contributed by atoms with Gasteiger partial charge in [-0.15, -0.1) is 5.10 Å². The van der Waals surface area contributed by atoms with E-state index in [2.05, 4.69) is 67.4 Å². The lowest BCUT2D eigenvalue weighted by Gasteiger charge is -2.15. The number of aryl methyl sites for hydroxylation is 3. The van der Waals surface area contributed by atoms with Gasteiger partial charge in [0.05, 0.1) is 17.4 Å². The zero-order valence-corrected chi connectivity index (χ0v) is 39.5. The Morgan fingerprint density at radius 1 is 0.606 bits per heavy atom. The van der Waals surface area contributed by atoms with Gasteiger partial charge in [0, 0.05) is 69.9 Å². The molecule has 2 aliphatic carbocycles. The predicted octanol–water partition coefficient (Wildman–Crippen LogP) is 8.19. The van der Waals surface area contributed by atoms with E-state index in [0.717, 1.165) is 108 Å². The van der Waals surface area contributed by atoms with Crippen LogP contribution >= 0.6 is 0 Å². The molecule has 0 bridgehead atoms. The Hall–Kier alpha value is -8.73. The summed E-state index contributed by atoms with van der Waals surface area (Å²) in [5.74, 6) is 1.70. The number of aromatic amines is 2. The number of benzene rings is 3. The highest BCUT2D eigenvalue weighted by Gasteiger charge is 2.23. The van der Waals surface area contributed by atoms with E-state index in [0.29, 0.717) is 36.0 Å². The van der Waals surface area contributed by atoms with Crippen LogP contribution in [0.1, 0.15) is 109 Å². The van der Waals surface area contributed by atoms with Gasteiger partial charge in [-0.05, 0) is 93.2 Å². The van der Waals surface area contributed by atoms with E-state index in [4.69, 9.17) is 37.1 Å². The molecule has 0 radical (unpaired) electrons. The normalized spacial score (nSPS) is 13.0. The molecule has 0 saturated heterocycles. The summed E-state index contributed by atoms with van der Waals surface area (Å²) in [6, 6.07) is 31.8. The Morgan fingerprint density at radius 3 is 1.76 bits per heavy atom. The Kier molecular flexibility index (Phi) is 14.5. The molecule has 71 heavy (non-hydrogen) atoms. The number of primary amides is 3. The molecular weight excluding hydrogens is 893 g/mol. The fourth-order valence-corrected chi connectivity index (χ4v) is 9.32. The fourth-order valence-electron chi connectivity index (χ4n) is 9.32. The van der Waals surface area contributed by atoms with Crippen LogP contribution in [0, 0.1) is 6.92 Å². The molecule has 17 nitrogen and oxygen atoms in total. The maximum absolute atomic E-state index is 11.9. The lowest BCUT2D eigenvalue weighted by atomic mass is 10.1. The Morgan fingerprint density at radius 2 is 1.20 bits per heavy atom. The molecule has 2 aliphatic rings. The van der Waals surface area contributed by atoms with Crippen LogP contribution in [0.5, 0.6) is 0 Å². The van der Waals surface area contributed by atoms with Gasteiger partial charge in [-0.2, -0.15) is 0 Å². The van der Waals surface area contributed by atoms with Gasteiger partial charge in [0.1, 0.15) is 17.3 Å². The maximum Gasteiger partial charge on any atom is 0.270 e. The minimum absolute atomic E-state index is 0.157. The van der Waals surface area contributed by atoms with E-state index in [1.54, 1.807) is 12.1 Å². The van der Waals surface area contributed by atoms with Crippen molar-refractivity contribution in [1.29, 1.82) is 0 Å². The largest absolute Gasteiger partial charge is 0.366 e. The molecule has 0 fully saturated rings. The number of carbonyl (C=O) groups is 3. The highest BCUT2D eigenvalue weighted by atomic mass is 16.2. The SMILES string of the molecule is Cc1cn2c(C(N)=O)cccc2c1-c1nc2c(c(NCc3ccccc3)n1)CCCCC2.NC(=O)c1c[nH]nn1.NC(=O)c1cccc2c(-c3nc4c(c(NCc5ccccc5)n3)CCCCC4)[nH]cc12. The van der Waals surface area contributed by atoms with Crippen molar-refractivity contribution >= 4 is 45.6 Å². The van der Waals surface area contributed by atoms with Crippen molar-refractivity contribution in [3.05, 3.63) is 172 Å². The van der Waals surface area contributed by atoms with Gasteiger partial charge in [-0.3, -0.25) is 19.5 Å². The third kappa shape index (κ3) is 10.8. The molecule has 11 rings (SSSR count). The summed E-state index contributed by atoms with van der Waals surface area (Å²) in [6.07, 6.45) is 16.0. The number of pyridine rings is 1. The average Bonchev–Trinajstić information content (AvgIpc) is 4.07. The molecule has 0 atom stereocenters. The maximum atomic E-state index is 11.9. The second-order valence-electron chi connectivity index (χ2n) is 17.7. The van der Waals surface area contributed by atoms with E-state index < -0.39 is 17.7 Å². The molecule has 3 amide bonds. The third-order valence-corrected chi connectivity index (χ3v) is 12.8. The smallest absolute Gasteiger partial charge is 0.270 e. The first-order valence-electron chi connectivity index (χ1n) is 24.0. The van der Waals surface area contributed by atoms with Crippen LogP contribution in [-0.4, -0.2) is 62.5 Å². The summed E-state index contributed by atoms with van der Waals surface area (Å²) in [4.78, 5) is 57.2. The van der Waals surface area contributed by atoms with Crippen LogP contribution in [0.25, 0.3) is 39.2 Å².